The van der Waals surface area contributed by atoms with E-state index < -0.39 is 11.6 Å². The minimum Gasteiger partial charge on any atom is -0.343 e. The van der Waals surface area contributed by atoms with Crippen LogP contribution in [0.25, 0.3) is 0 Å². The molecule has 144 valence electrons. The standard InChI is InChI=1S/C21H25F2N3O/c22-18-5-3-16(19(23)13-18)4-6-20(27)25-10-7-17(8-11-25)21-24-9-12-26(21)14-15-1-2-15/h3,5,9,12-13,15,17H,1-2,4,6-8,10-11,14H2. The predicted octanol–water partition coefficient (Wildman–Crippen LogP) is 3.91. The average Bonchev–Trinajstić information content (AvgIpc) is 3.36. The van der Waals surface area contributed by atoms with Gasteiger partial charge in [-0.3, -0.25) is 4.79 Å². The third-order valence-electron chi connectivity index (χ3n) is 5.74. The van der Waals surface area contributed by atoms with Gasteiger partial charge in [0.2, 0.25) is 5.91 Å². The Kier molecular flexibility index (Phi) is 5.23. The predicted molar refractivity (Wildman–Crippen MR) is 98.2 cm³/mol. The molecule has 6 heteroatoms. The van der Waals surface area contributed by atoms with Crippen LogP contribution in [-0.2, 0) is 17.8 Å². The number of likely N-dealkylation sites (tertiary alicyclic amines) is 1. The Morgan fingerprint density at radius 2 is 1.93 bits per heavy atom. The Balaban J connectivity index is 1.28. The number of aryl methyl sites for hydroxylation is 1. The van der Waals surface area contributed by atoms with E-state index in [-0.39, 0.29) is 12.3 Å². The zero-order chi connectivity index (χ0) is 18.8. The molecule has 0 atom stereocenters. The monoisotopic (exact) mass is 373 g/mol. The normalized spacial score (nSPS) is 18.1. The largest absolute Gasteiger partial charge is 0.343 e. The van der Waals surface area contributed by atoms with Crippen LogP contribution >= 0.6 is 0 Å². The van der Waals surface area contributed by atoms with Crippen LogP contribution < -0.4 is 0 Å². The summed E-state index contributed by atoms with van der Waals surface area (Å²) in [6.45, 7) is 2.50. The number of carbonyl (C=O) groups is 1. The molecule has 0 spiro atoms. The van der Waals surface area contributed by atoms with Gasteiger partial charge in [0.1, 0.15) is 17.5 Å². The van der Waals surface area contributed by atoms with Gasteiger partial charge in [0, 0.05) is 50.4 Å². The van der Waals surface area contributed by atoms with Crippen molar-refractivity contribution in [3.63, 3.8) is 0 Å². The van der Waals surface area contributed by atoms with Crippen LogP contribution in [-0.4, -0.2) is 33.4 Å². The van der Waals surface area contributed by atoms with Gasteiger partial charge in [-0.05, 0) is 49.7 Å². The van der Waals surface area contributed by atoms with Gasteiger partial charge in [-0.1, -0.05) is 6.07 Å². The van der Waals surface area contributed by atoms with Crippen molar-refractivity contribution in [3.05, 3.63) is 53.6 Å². The topological polar surface area (TPSA) is 38.1 Å². The first-order chi connectivity index (χ1) is 13.1. The fourth-order valence-electron chi connectivity index (χ4n) is 3.92. The zero-order valence-electron chi connectivity index (χ0n) is 15.4. The Hall–Kier alpha value is -2.24. The Morgan fingerprint density at radius 3 is 2.63 bits per heavy atom. The number of piperidine rings is 1. The molecule has 0 N–H and O–H groups in total. The Labute approximate surface area is 158 Å². The van der Waals surface area contributed by atoms with Crippen molar-refractivity contribution >= 4 is 5.91 Å². The number of halogens is 2. The van der Waals surface area contributed by atoms with Crippen LogP contribution in [0.2, 0.25) is 0 Å². The number of carbonyl (C=O) groups excluding carboxylic acids is 1. The summed E-state index contributed by atoms with van der Waals surface area (Å²) in [5.74, 6) is 1.23. The number of imidazole rings is 1. The molecule has 1 aromatic heterocycles. The number of amides is 1. The number of aromatic nitrogens is 2. The van der Waals surface area contributed by atoms with Crippen molar-refractivity contribution in [2.45, 2.75) is 51.0 Å². The molecule has 2 fully saturated rings. The molecule has 1 saturated carbocycles. The van der Waals surface area contributed by atoms with Crippen LogP contribution in [0.3, 0.4) is 0 Å². The SMILES string of the molecule is O=C(CCc1ccc(F)cc1F)N1CCC(c2nccn2CC2CC2)CC1. The first kappa shape index (κ1) is 18.1. The molecule has 1 saturated heterocycles. The number of hydrogen-bond acceptors (Lipinski definition) is 2. The molecule has 1 amide bonds. The van der Waals surface area contributed by atoms with Crippen LogP contribution in [0.5, 0.6) is 0 Å². The van der Waals surface area contributed by atoms with Gasteiger partial charge in [-0.15, -0.1) is 0 Å². The van der Waals surface area contributed by atoms with Gasteiger partial charge in [-0.25, -0.2) is 13.8 Å². The first-order valence-electron chi connectivity index (χ1n) is 9.83. The molecule has 0 bridgehead atoms. The van der Waals surface area contributed by atoms with Crippen molar-refractivity contribution in [2.24, 2.45) is 5.92 Å². The van der Waals surface area contributed by atoms with Crippen LogP contribution in [0.1, 0.15) is 49.4 Å². The van der Waals surface area contributed by atoms with Crippen molar-refractivity contribution in [3.8, 4) is 0 Å². The number of rotatable bonds is 6. The van der Waals surface area contributed by atoms with E-state index in [0.717, 1.165) is 37.2 Å². The molecule has 1 aliphatic heterocycles. The minimum atomic E-state index is -0.593. The van der Waals surface area contributed by atoms with Crippen LogP contribution in [0, 0.1) is 17.6 Å². The molecule has 2 aliphatic rings. The molecular formula is C21H25F2N3O. The summed E-state index contributed by atoms with van der Waals surface area (Å²) in [4.78, 5) is 18.9. The highest BCUT2D eigenvalue weighted by molar-refractivity contribution is 5.76. The molecular weight excluding hydrogens is 348 g/mol. The van der Waals surface area contributed by atoms with E-state index in [1.807, 2.05) is 11.1 Å². The summed E-state index contributed by atoms with van der Waals surface area (Å²) < 4.78 is 29.0. The van der Waals surface area contributed by atoms with Crippen LogP contribution in [0.4, 0.5) is 8.78 Å². The summed E-state index contributed by atoms with van der Waals surface area (Å²) in [6.07, 6.45) is 8.98. The summed E-state index contributed by atoms with van der Waals surface area (Å²) >= 11 is 0. The fraction of sp³-hybridized carbons (Fsp3) is 0.524. The lowest BCUT2D eigenvalue weighted by Gasteiger charge is -2.32. The maximum Gasteiger partial charge on any atom is 0.222 e. The summed E-state index contributed by atoms with van der Waals surface area (Å²) in [5.41, 5.74) is 0.390. The van der Waals surface area contributed by atoms with E-state index in [2.05, 4.69) is 15.7 Å². The Bertz CT molecular complexity index is 808. The molecule has 27 heavy (non-hydrogen) atoms. The third kappa shape index (κ3) is 4.37. The second-order valence-corrected chi connectivity index (χ2v) is 7.77. The van der Waals surface area contributed by atoms with Gasteiger partial charge in [0.25, 0.3) is 0 Å². The number of nitrogens with zero attached hydrogens (tertiary/aromatic N) is 3. The second-order valence-electron chi connectivity index (χ2n) is 7.77. The minimum absolute atomic E-state index is 0.0403. The molecule has 1 aromatic carbocycles. The van der Waals surface area contributed by atoms with Gasteiger partial charge in [-0.2, -0.15) is 0 Å². The fourth-order valence-corrected chi connectivity index (χ4v) is 3.92. The number of hydrogen-bond donors (Lipinski definition) is 0. The van der Waals surface area contributed by atoms with Crippen molar-refractivity contribution < 1.29 is 13.6 Å². The highest BCUT2D eigenvalue weighted by Gasteiger charge is 2.28. The first-order valence-corrected chi connectivity index (χ1v) is 9.83. The van der Waals surface area contributed by atoms with Gasteiger partial charge < -0.3 is 9.47 Å². The maximum absolute atomic E-state index is 13.7. The summed E-state index contributed by atoms with van der Waals surface area (Å²) in [6, 6.07) is 3.52. The van der Waals surface area contributed by atoms with E-state index in [9.17, 15) is 13.6 Å². The van der Waals surface area contributed by atoms with Gasteiger partial charge in [0.05, 0.1) is 0 Å². The highest BCUT2D eigenvalue weighted by atomic mass is 19.1. The average molecular weight is 373 g/mol. The quantitative estimate of drug-likeness (QED) is 0.770. The lowest BCUT2D eigenvalue weighted by atomic mass is 9.95. The van der Waals surface area contributed by atoms with Gasteiger partial charge in [0.15, 0.2) is 0 Å². The van der Waals surface area contributed by atoms with E-state index >= 15 is 0 Å². The van der Waals surface area contributed by atoms with E-state index in [0.29, 0.717) is 31.0 Å². The van der Waals surface area contributed by atoms with E-state index in [1.165, 1.54) is 25.0 Å². The van der Waals surface area contributed by atoms with E-state index in [4.69, 9.17) is 0 Å². The Morgan fingerprint density at radius 1 is 1.15 bits per heavy atom. The van der Waals surface area contributed by atoms with Crippen molar-refractivity contribution in [1.82, 2.24) is 14.5 Å². The third-order valence-corrected chi connectivity index (χ3v) is 5.74. The molecule has 0 radical (unpaired) electrons. The second kappa shape index (κ2) is 7.79. The molecule has 4 nitrogen and oxygen atoms in total. The molecule has 2 heterocycles. The van der Waals surface area contributed by atoms with Crippen molar-refractivity contribution in [2.75, 3.05) is 13.1 Å². The summed E-state index contributed by atoms with van der Waals surface area (Å²) in [5, 5.41) is 0. The highest BCUT2D eigenvalue weighted by Crippen LogP contribution is 2.33. The number of benzene rings is 1. The van der Waals surface area contributed by atoms with Crippen molar-refractivity contribution in [1.29, 1.82) is 0 Å². The van der Waals surface area contributed by atoms with E-state index in [1.54, 1.807) is 0 Å². The molecule has 1 aliphatic carbocycles. The molecule has 4 rings (SSSR count). The molecule has 2 aromatic rings. The smallest absolute Gasteiger partial charge is 0.222 e. The van der Waals surface area contributed by atoms with Gasteiger partial charge >= 0.3 is 0 Å². The van der Waals surface area contributed by atoms with Crippen LogP contribution in [0.15, 0.2) is 30.6 Å². The zero-order valence-corrected chi connectivity index (χ0v) is 15.4. The lowest BCUT2D eigenvalue weighted by molar-refractivity contribution is -0.132. The molecule has 0 unspecified atom stereocenters. The maximum atomic E-state index is 13.7. The lowest BCUT2D eigenvalue weighted by Crippen LogP contribution is -2.38. The summed E-state index contributed by atoms with van der Waals surface area (Å²) in [7, 11) is 0.